The highest BCUT2D eigenvalue weighted by atomic mass is 16.5. The molecule has 0 fully saturated rings. The van der Waals surface area contributed by atoms with E-state index >= 15 is 0 Å². The number of ether oxygens (including phenoxy) is 1. The van der Waals surface area contributed by atoms with Crippen molar-refractivity contribution in [2.24, 2.45) is 0 Å². The summed E-state index contributed by atoms with van der Waals surface area (Å²) >= 11 is 0. The number of aromatic nitrogens is 4. The maximum Gasteiger partial charge on any atom is 0.145 e. The quantitative estimate of drug-likeness (QED) is 0.191. The Hall–Kier alpha value is -6.34. The Bertz CT molecular complexity index is 2120. The molecule has 0 aliphatic heterocycles. The number of nitrogens with zero attached hydrogens (tertiary/aromatic N) is 4. The molecule has 0 spiro atoms. The van der Waals surface area contributed by atoms with E-state index in [1.807, 2.05) is 121 Å². The predicted octanol–water partition coefficient (Wildman–Crippen LogP) is 8.66. The fourth-order valence-corrected chi connectivity index (χ4v) is 5.71. The molecule has 7 heteroatoms. The van der Waals surface area contributed by atoms with Crippen LogP contribution in [0.15, 0.2) is 146 Å². The van der Waals surface area contributed by atoms with Gasteiger partial charge < -0.3 is 16.2 Å². The van der Waals surface area contributed by atoms with Crippen molar-refractivity contribution in [3.8, 4) is 45.6 Å². The molecular weight excluding hydrogens is 556 g/mol. The summed E-state index contributed by atoms with van der Waals surface area (Å²) in [6.07, 6.45) is 0. The van der Waals surface area contributed by atoms with Crippen LogP contribution in [0.4, 0.5) is 11.4 Å². The van der Waals surface area contributed by atoms with E-state index in [-0.39, 0.29) is 0 Å². The maximum absolute atomic E-state index is 6.42. The molecule has 2 aromatic heterocycles. The third-order valence-electron chi connectivity index (χ3n) is 7.85. The van der Waals surface area contributed by atoms with Gasteiger partial charge in [-0.05, 0) is 97.1 Å². The Morgan fingerprint density at radius 1 is 0.444 bits per heavy atom. The van der Waals surface area contributed by atoms with Crippen LogP contribution in [-0.4, -0.2) is 19.1 Å². The molecule has 45 heavy (non-hydrogen) atoms. The van der Waals surface area contributed by atoms with Gasteiger partial charge in [-0.2, -0.15) is 0 Å². The summed E-state index contributed by atoms with van der Waals surface area (Å²) in [7, 11) is 0. The first-order valence-corrected chi connectivity index (χ1v) is 14.7. The van der Waals surface area contributed by atoms with E-state index in [1.54, 1.807) is 0 Å². The molecule has 8 rings (SSSR count). The molecule has 0 radical (unpaired) electrons. The summed E-state index contributed by atoms with van der Waals surface area (Å²) < 4.78 is 10.7. The van der Waals surface area contributed by atoms with E-state index in [2.05, 4.69) is 33.4 Å². The lowest BCUT2D eigenvalue weighted by molar-refractivity contribution is 0.484. The van der Waals surface area contributed by atoms with Crippen LogP contribution in [0.25, 0.3) is 56.2 Å². The molecule has 7 nitrogen and oxygen atoms in total. The Morgan fingerprint density at radius 3 is 1.24 bits per heavy atom. The van der Waals surface area contributed by atoms with E-state index in [4.69, 9.17) is 26.2 Å². The third-order valence-corrected chi connectivity index (χ3v) is 7.85. The van der Waals surface area contributed by atoms with Gasteiger partial charge in [-0.3, -0.25) is 9.13 Å². The lowest BCUT2D eigenvalue weighted by Crippen LogP contribution is -1.97. The second-order valence-electron chi connectivity index (χ2n) is 10.9. The average Bonchev–Trinajstić information content (AvgIpc) is 3.65. The standard InChI is InChI=1S/C38H28N6O/c39-27-15-11-25(12-16-27)37-41-33-23-31(19-21-35(33)43(37)29-7-3-1-4-8-29)45-32-20-22-36-34(24-32)42-38(26-13-17-28(40)18-14-26)44(36)30-9-5-2-6-10-30/h1-24H,39-40H2. The highest BCUT2D eigenvalue weighted by Crippen LogP contribution is 2.35. The fourth-order valence-electron chi connectivity index (χ4n) is 5.71. The third kappa shape index (κ3) is 4.82. The van der Waals surface area contributed by atoms with Crippen LogP contribution < -0.4 is 16.2 Å². The average molecular weight is 585 g/mol. The van der Waals surface area contributed by atoms with Crippen LogP contribution in [0.3, 0.4) is 0 Å². The van der Waals surface area contributed by atoms with Crippen LogP contribution >= 0.6 is 0 Å². The van der Waals surface area contributed by atoms with Crippen molar-refractivity contribution in [1.29, 1.82) is 0 Å². The Labute approximate surface area is 259 Å². The molecule has 0 bridgehead atoms. The van der Waals surface area contributed by atoms with Crippen LogP contribution in [0, 0.1) is 0 Å². The number of hydrogen-bond acceptors (Lipinski definition) is 5. The number of anilines is 2. The number of hydrogen-bond donors (Lipinski definition) is 2. The number of benzene rings is 6. The number of rotatable bonds is 6. The van der Waals surface area contributed by atoms with Crippen molar-refractivity contribution in [2.75, 3.05) is 11.5 Å². The van der Waals surface area contributed by atoms with Crippen molar-refractivity contribution >= 4 is 33.4 Å². The summed E-state index contributed by atoms with van der Waals surface area (Å²) in [5.74, 6) is 3.03. The number of imidazole rings is 2. The zero-order valence-corrected chi connectivity index (χ0v) is 24.2. The van der Waals surface area contributed by atoms with Crippen molar-refractivity contribution in [3.63, 3.8) is 0 Å². The smallest absolute Gasteiger partial charge is 0.145 e. The molecule has 216 valence electrons. The van der Waals surface area contributed by atoms with Gasteiger partial charge in [0, 0.05) is 46.0 Å². The first kappa shape index (κ1) is 26.3. The van der Waals surface area contributed by atoms with Gasteiger partial charge in [0.2, 0.25) is 0 Å². The summed E-state index contributed by atoms with van der Waals surface area (Å²) in [6.45, 7) is 0. The van der Waals surface area contributed by atoms with Gasteiger partial charge in [-0.15, -0.1) is 0 Å². The SMILES string of the molecule is Nc1ccc(-c2nc3cc(Oc4ccc5c(c4)nc(-c4ccc(N)cc4)n5-c4ccccc4)ccc3n2-c2ccccc2)cc1. The Balaban J connectivity index is 1.20. The first-order valence-electron chi connectivity index (χ1n) is 14.7. The number of nitrogen functional groups attached to an aromatic ring is 2. The molecule has 8 aromatic rings. The second-order valence-corrected chi connectivity index (χ2v) is 10.9. The normalized spacial score (nSPS) is 11.3. The molecule has 0 unspecified atom stereocenters. The largest absolute Gasteiger partial charge is 0.457 e. The molecule has 0 aliphatic carbocycles. The van der Waals surface area contributed by atoms with Gasteiger partial charge in [-0.1, -0.05) is 36.4 Å². The summed E-state index contributed by atoms with van der Waals surface area (Å²) in [4.78, 5) is 10.1. The molecule has 6 aromatic carbocycles. The van der Waals surface area contributed by atoms with Gasteiger partial charge >= 0.3 is 0 Å². The minimum atomic E-state index is 0.685. The summed E-state index contributed by atoms with van der Waals surface area (Å²) in [6, 6.07) is 48.0. The van der Waals surface area contributed by atoms with E-state index in [1.165, 1.54) is 0 Å². The molecule has 0 aliphatic rings. The van der Waals surface area contributed by atoms with E-state index in [9.17, 15) is 0 Å². The van der Waals surface area contributed by atoms with Crippen LogP contribution in [-0.2, 0) is 0 Å². The predicted molar refractivity (Wildman–Crippen MR) is 182 cm³/mol. The minimum absolute atomic E-state index is 0.685. The van der Waals surface area contributed by atoms with E-state index in [0.717, 1.165) is 56.2 Å². The maximum atomic E-state index is 6.42. The molecule has 0 saturated carbocycles. The molecule has 4 N–H and O–H groups in total. The van der Waals surface area contributed by atoms with Gasteiger partial charge in [0.25, 0.3) is 0 Å². The molecule has 0 atom stereocenters. The highest BCUT2D eigenvalue weighted by Gasteiger charge is 2.17. The number of nitrogens with two attached hydrogens (primary N) is 2. The van der Waals surface area contributed by atoms with Crippen molar-refractivity contribution in [3.05, 3.63) is 146 Å². The molecule has 0 amide bonds. The van der Waals surface area contributed by atoms with Gasteiger partial charge in [0.15, 0.2) is 0 Å². The summed E-state index contributed by atoms with van der Waals surface area (Å²) in [5.41, 5.74) is 21.0. The lowest BCUT2D eigenvalue weighted by Gasteiger charge is -2.11. The molecule has 0 saturated heterocycles. The number of fused-ring (bicyclic) bond motifs is 2. The summed E-state index contributed by atoms with van der Waals surface area (Å²) in [5, 5.41) is 0. The van der Waals surface area contributed by atoms with Gasteiger partial charge in [-0.25, -0.2) is 9.97 Å². The monoisotopic (exact) mass is 584 g/mol. The van der Waals surface area contributed by atoms with E-state index < -0.39 is 0 Å². The molecule has 2 heterocycles. The lowest BCUT2D eigenvalue weighted by atomic mass is 10.2. The topological polar surface area (TPSA) is 96.9 Å². The Morgan fingerprint density at radius 2 is 0.844 bits per heavy atom. The second kappa shape index (κ2) is 10.7. The van der Waals surface area contributed by atoms with Gasteiger partial charge in [0.05, 0.1) is 22.1 Å². The van der Waals surface area contributed by atoms with Crippen molar-refractivity contribution < 1.29 is 4.74 Å². The van der Waals surface area contributed by atoms with Crippen molar-refractivity contribution in [2.45, 2.75) is 0 Å². The minimum Gasteiger partial charge on any atom is -0.457 e. The van der Waals surface area contributed by atoms with Crippen LogP contribution in [0.5, 0.6) is 11.5 Å². The van der Waals surface area contributed by atoms with Crippen molar-refractivity contribution in [1.82, 2.24) is 19.1 Å². The first-order chi connectivity index (χ1) is 22.1. The molecular formula is C38H28N6O. The highest BCUT2D eigenvalue weighted by molar-refractivity contribution is 5.86. The Kier molecular flexibility index (Phi) is 6.27. The zero-order valence-electron chi connectivity index (χ0n) is 24.2. The zero-order chi connectivity index (χ0) is 30.3. The van der Waals surface area contributed by atoms with Crippen LogP contribution in [0.1, 0.15) is 0 Å². The van der Waals surface area contributed by atoms with Crippen LogP contribution in [0.2, 0.25) is 0 Å². The van der Waals surface area contributed by atoms with Gasteiger partial charge in [0.1, 0.15) is 23.1 Å². The fraction of sp³-hybridized carbons (Fsp3) is 0. The number of para-hydroxylation sites is 2. The van der Waals surface area contributed by atoms with E-state index in [0.29, 0.717) is 22.9 Å².